The van der Waals surface area contributed by atoms with Crippen LogP contribution in [0.2, 0.25) is 0 Å². The van der Waals surface area contributed by atoms with Crippen molar-refractivity contribution >= 4 is 22.3 Å². The zero-order valence-electron chi connectivity index (χ0n) is 29.4. The minimum absolute atomic E-state index is 0.0560. The molecule has 0 radical (unpaired) electrons. The quantitative estimate of drug-likeness (QED) is 0.190. The second-order valence-electron chi connectivity index (χ2n) is 15.5. The number of ether oxygens (including phenoxy) is 1. The maximum atomic E-state index is 14.6. The van der Waals surface area contributed by atoms with Gasteiger partial charge in [0.25, 0.3) is 5.97 Å². The Kier molecular flexibility index (Phi) is 9.47. The van der Waals surface area contributed by atoms with Crippen molar-refractivity contribution in [1.82, 2.24) is 35.3 Å². The summed E-state index contributed by atoms with van der Waals surface area (Å²) in [5.41, 5.74) is 5.93. The number of aliphatic hydroxyl groups is 3. The van der Waals surface area contributed by atoms with Crippen molar-refractivity contribution in [2.24, 2.45) is 5.41 Å². The summed E-state index contributed by atoms with van der Waals surface area (Å²) in [5, 5.41) is 47.3. The van der Waals surface area contributed by atoms with Crippen LogP contribution in [-0.2, 0) is 11.8 Å². The highest BCUT2D eigenvalue weighted by Crippen LogP contribution is 2.49. The number of nitrogens with zero attached hydrogens (tertiary/aromatic N) is 8. The molecule has 276 valence electrons. The number of fused-ring (bicyclic) bond motifs is 2. The number of likely N-dealkylation sites (N-methyl/N-ethyl adjacent to an activating group) is 1. The minimum Gasteiger partial charge on any atom is -0.461 e. The highest BCUT2D eigenvalue weighted by molar-refractivity contribution is 7.16. The van der Waals surface area contributed by atoms with Crippen LogP contribution in [0.25, 0.3) is 11.6 Å². The van der Waals surface area contributed by atoms with Crippen molar-refractivity contribution in [2.45, 2.75) is 107 Å². The van der Waals surface area contributed by atoms with Crippen LogP contribution in [0.15, 0.2) is 4.52 Å². The van der Waals surface area contributed by atoms with Gasteiger partial charge in [-0.25, -0.2) is 4.39 Å². The zero-order chi connectivity index (χ0) is 36.2. The smallest absolute Gasteiger partial charge is 0.321 e. The average molecular weight is 727 g/mol. The molecule has 6 N–H and O–H groups in total. The van der Waals surface area contributed by atoms with E-state index < -0.39 is 28.5 Å². The standard InChI is InChI=1S/C34H47FN10O5S/c1-31(11-12-34(46,47)48)10-7-21(38-3)17-44(18-31)29-40-26(41-30(42-29)49-19-33-9-5-13-45(33)16-20(35)14-33)27-39-28(50-43-27)32(2)8-4-6-23-24(32)22(15-36)25(37)51-23/h20-21,38,46-48H,4-14,16-19,37H2,1-3H3/t20?,21-,31+,32?,33+/m1/s1. The molecule has 6 heterocycles. The number of nitrogen functional groups attached to an aromatic ring is 1. The molecule has 3 aromatic rings. The van der Waals surface area contributed by atoms with E-state index in [1.54, 1.807) is 0 Å². The number of thiophene rings is 1. The Morgan fingerprint density at radius 3 is 2.73 bits per heavy atom. The summed E-state index contributed by atoms with van der Waals surface area (Å²) in [6.45, 7) is 6.44. The Morgan fingerprint density at radius 1 is 1.14 bits per heavy atom. The van der Waals surface area contributed by atoms with E-state index in [9.17, 15) is 25.0 Å². The van der Waals surface area contributed by atoms with Gasteiger partial charge < -0.3 is 40.5 Å². The fraction of sp³-hybridized carbons (Fsp3) is 0.706. The summed E-state index contributed by atoms with van der Waals surface area (Å²) >= 11 is 1.43. The predicted molar refractivity (Wildman–Crippen MR) is 186 cm³/mol. The lowest BCUT2D eigenvalue weighted by molar-refractivity contribution is -0.317. The number of nitrogens with two attached hydrogens (primary N) is 1. The first-order valence-corrected chi connectivity index (χ1v) is 18.6. The topological polar surface area (TPSA) is 216 Å². The monoisotopic (exact) mass is 726 g/mol. The molecule has 7 rings (SSSR count). The van der Waals surface area contributed by atoms with Gasteiger partial charge in [0.15, 0.2) is 0 Å². The number of nitrogens with one attached hydrogen (secondary N) is 1. The predicted octanol–water partition coefficient (Wildman–Crippen LogP) is 2.64. The van der Waals surface area contributed by atoms with Crippen LogP contribution in [-0.4, -0.2) is 109 Å². The molecule has 3 aromatic heterocycles. The van der Waals surface area contributed by atoms with Gasteiger partial charge in [-0.2, -0.15) is 25.2 Å². The van der Waals surface area contributed by atoms with Crippen LogP contribution in [0.5, 0.6) is 6.01 Å². The van der Waals surface area contributed by atoms with Gasteiger partial charge in [0.1, 0.15) is 23.8 Å². The van der Waals surface area contributed by atoms with Gasteiger partial charge in [-0.3, -0.25) is 4.90 Å². The van der Waals surface area contributed by atoms with E-state index in [4.69, 9.17) is 29.9 Å². The first-order chi connectivity index (χ1) is 24.2. The van der Waals surface area contributed by atoms with E-state index in [1.165, 1.54) is 11.3 Å². The van der Waals surface area contributed by atoms with Crippen LogP contribution < -0.4 is 20.7 Å². The van der Waals surface area contributed by atoms with Crippen molar-refractivity contribution in [2.75, 3.05) is 50.5 Å². The summed E-state index contributed by atoms with van der Waals surface area (Å²) in [5.74, 6) is -1.86. The summed E-state index contributed by atoms with van der Waals surface area (Å²) in [7, 11) is 1.89. The Hall–Kier alpha value is -3.53. The van der Waals surface area contributed by atoms with Crippen LogP contribution in [0.1, 0.15) is 93.5 Å². The van der Waals surface area contributed by atoms with Gasteiger partial charge in [0.05, 0.1) is 16.5 Å². The summed E-state index contributed by atoms with van der Waals surface area (Å²) < 4.78 is 26.9. The summed E-state index contributed by atoms with van der Waals surface area (Å²) in [4.78, 5) is 24.3. The van der Waals surface area contributed by atoms with Crippen LogP contribution in [0.4, 0.5) is 15.3 Å². The van der Waals surface area contributed by atoms with E-state index in [1.807, 2.05) is 25.8 Å². The first-order valence-electron chi connectivity index (χ1n) is 17.8. The van der Waals surface area contributed by atoms with Crippen molar-refractivity contribution < 1.29 is 29.0 Å². The molecule has 0 bridgehead atoms. The third kappa shape index (κ3) is 7.01. The fourth-order valence-electron chi connectivity index (χ4n) is 8.69. The number of alkyl halides is 1. The van der Waals surface area contributed by atoms with E-state index >= 15 is 0 Å². The number of rotatable bonds is 10. The summed E-state index contributed by atoms with van der Waals surface area (Å²) in [6, 6.07) is 2.40. The van der Waals surface area contributed by atoms with Crippen molar-refractivity contribution in [3.05, 3.63) is 21.9 Å². The molecule has 4 aliphatic rings. The number of anilines is 2. The molecule has 1 aliphatic carbocycles. The van der Waals surface area contributed by atoms with Crippen molar-refractivity contribution in [3.63, 3.8) is 0 Å². The lowest BCUT2D eigenvalue weighted by Crippen LogP contribution is -2.44. The number of hydrogen-bond donors (Lipinski definition) is 5. The fourth-order valence-corrected chi connectivity index (χ4v) is 9.88. The Balaban J connectivity index is 1.26. The maximum absolute atomic E-state index is 14.6. The van der Waals surface area contributed by atoms with Crippen LogP contribution in [0, 0.1) is 16.7 Å². The van der Waals surface area contributed by atoms with Gasteiger partial charge >= 0.3 is 6.01 Å². The molecular formula is C34H47FN10O5S. The molecule has 17 heteroatoms. The van der Waals surface area contributed by atoms with E-state index in [-0.39, 0.29) is 36.7 Å². The second kappa shape index (κ2) is 13.5. The molecule has 0 amide bonds. The molecule has 5 atom stereocenters. The van der Waals surface area contributed by atoms with Gasteiger partial charge in [0, 0.05) is 49.0 Å². The normalized spacial score (nSPS) is 29.8. The van der Waals surface area contributed by atoms with E-state index in [0.29, 0.717) is 61.3 Å². The third-order valence-electron chi connectivity index (χ3n) is 11.5. The lowest BCUT2D eigenvalue weighted by atomic mass is 9.72. The van der Waals surface area contributed by atoms with Gasteiger partial charge in [-0.15, -0.1) is 11.3 Å². The van der Waals surface area contributed by atoms with Crippen molar-refractivity contribution in [1.29, 1.82) is 5.26 Å². The molecule has 15 nitrogen and oxygen atoms in total. The molecular weight excluding hydrogens is 680 g/mol. The minimum atomic E-state index is -2.77. The Morgan fingerprint density at radius 2 is 1.96 bits per heavy atom. The lowest BCUT2D eigenvalue weighted by Gasteiger charge is -2.34. The Labute approximate surface area is 300 Å². The molecule has 0 spiro atoms. The van der Waals surface area contributed by atoms with Gasteiger partial charge in [0.2, 0.25) is 23.5 Å². The molecule has 0 aromatic carbocycles. The van der Waals surface area contributed by atoms with E-state index in [0.717, 1.165) is 55.5 Å². The first kappa shape index (κ1) is 35.9. The number of halogens is 1. The Bertz CT molecular complexity index is 1800. The van der Waals surface area contributed by atoms with Crippen molar-refractivity contribution in [3.8, 4) is 23.7 Å². The third-order valence-corrected chi connectivity index (χ3v) is 12.6. The second-order valence-corrected chi connectivity index (χ2v) is 16.6. The number of aromatic nitrogens is 5. The molecule has 3 aliphatic heterocycles. The number of aryl methyl sites for hydroxylation is 1. The molecule has 2 unspecified atom stereocenters. The SMILES string of the molecule is CN[C@@H]1CC[C@@](C)(CCC(O)(O)O)CN(c2nc(OC[C@@]34CCCN3CC(F)C4)nc(-c3noc(C4(C)CCCc5sc(N)c(C#N)c54)n3)n2)C1. The van der Waals surface area contributed by atoms with E-state index in [2.05, 4.69) is 26.4 Å². The van der Waals surface area contributed by atoms with Crippen LogP contribution >= 0.6 is 11.3 Å². The molecule has 3 fully saturated rings. The highest BCUT2D eigenvalue weighted by Gasteiger charge is 2.50. The van der Waals surface area contributed by atoms with Gasteiger partial charge in [-0.05, 0) is 77.3 Å². The molecule has 3 saturated heterocycles. The zero-order valence-corrected chi connectivity index (χ0v) is 30.2. The number of hydrogen-bond acceptors (Lipinski definition) is 16. The van der Waals surface area contributed by atoms with Crippen LogP contribution in [0.3, 0.4) is 0 Å². The molecule has 51 heavy (non-hydrogen) atoms. The number of nitriles is 1. The largest absolute Gasteiger partial charge is 0.461 e. The average Bonchev–Trinajstić information content (AvgIpc) is 3.84. The summed E-state index contributed by atoms with van der Waals surface area (Å²) in [6.07, 6.45) is 5.30. The highest BCUT2D eigenvalue weighted by atomic mass is 32.1. The molecule has 0 saturated carbocycles. The maximum Gasteiger partial charge on any atom is 0.321 e. The van der Waals surface area contributed by atoms with Gasteiger partial charge in [-0.1, -0.05) is 12.1 Å².